The van der Waals surface area contributed by atoms with Crippen LogP contribution in [-0.2, 0) is 16.1 Å². The first-order valence-corrected chi connectivity index (χ1v) is 11.2. The number of carbonyl (C=O) groups is 3. The summed E-state index contributed by atoms with van der Waals surface area (Å²) in [7, 11) is 1.52. The Labute approximate surface area is 205 Å². The topological polar surface area (TPSA) is 109 Å². The molecular formula is C27H30N4O4. The van der Waals surface area contributed by atoms with Gasteiger partial charge in [0.05, 0.1) is 31.5 Å². The zero-order valence-electron chi connectivity index (χ0n) is 20.1. The Balaban J connectivity index is 1.49. The van der Waals surface area contributed by atoms with Crippen molar-refractivity contribution in [1.29, 1.82) is 0 Å². The van der Waals surface area contributed by atoms with Gasteiger partial charge in [-0.15, -0.1) is 0 Å². The van der Waals surface area contributed by atoms with Crippen LogP contribution in [0.1, 0.15) is 27.0 Å². The third-order valence-electron chi connectivity index (χ3n) is 5.26. The van der Waals surface area contributed by atoms with Crippen LogP contribution in [0.5, 0.6) is 5.75 Å². The lowest BCUT2D eigenvalue weighted by atomic mass is 10.1. The number of aryl methyl sites for hydroxylation is 2. The highest BCUT2D eigenvalue weighted by atomic mass is 16.5. The number of methoxy groups -OCH3 is 1. The Morgan fingerprint density at radius 3 is 2.23 bits per heavy atom. The van der Waals surface area contributed by atoms with Crippen molar-refractivity contribution in [3.63, 3.8) is 0 Å². The predicted octanol–water partition coefficient (Wildman–Crippen LogP) is 3.41. The van der Waals surface area contributed by atoms with Crippen molar-refractivity contribution in [3.8, 4) is 5.75 Å². The van der Waals surface area contributed by atoms with Gasteiger partial charge in [0.2, 0.25) is 11.8 Å². The lowest BCUT2D eigenvalue weighted by Crippen LogP contribution is -2.36. The van der Waals surface area contributed by atoms with Crippen LogP contribution in [-0.4, -0.2) is 37.9 Å². The number of ether oxygens (including phenoxy) is 1. The molecule has 3 aromatic rings. The molecule has 0 atom stereocenters. The Morgan fingerprint density at radius 2 is 1.49 bits per heavy atom. The molecule has 0 unspecified atom stereocenters. The van der Waals surface area contributed by atoms with Gasteiger partial charge in [0.25, 0.3) is 5.91 Å². The van der Waals surface area contributed by atoms with Gasteiger partial charge in [-0.2, -0.15) is 0 Å². The van der Waals surface area contributed by atoms with Crippen LogP contribution in [0.3, 0.4) is 0 Å². The fourth-order valence-electron chi connectivity index (χ4n) is 3.35. The van der Waals surface area contributed by atoms with Gasteiger partial charge in [0, 0.05) is 12.2 Å². The summed E-state index contributed by atoms with van der Waals surface area (Å²) in [5.74, 6) is -0.473. The van der Waals surface area contributed by atoms with E-state index in [4.69, 9.17) is 4.74 Å². The zero-order chi connectivity index (χ0) is 25.2. The molecule has 0 aliphatic carbocycles. The number of nitrogens with one attached hydrogen (secondary N) is 4. The number of rotatable bonds is 10. The average Bonchev–Trinajstić information content (AvgIpc) is 2.86. The van der Waals surface area contributed by atoms with Gasteiger partial charge in [-0.3, -0.25) is 14.4 Å². The lowest BCUT2D eigenvalue weighted by molar-refractivity contribution is -0.122. The van der Waals surface area contributed by atoms with E-state index in [1.807, 2.05) is 44.2 Å². The van der Waals surface area contributed by atoms with Crippen molar-refractivity contribution >= 4 is 29.1 Å². The average molecular weight is 475 g/mol. The highest BCUT2D eigenvalue weighted by molar-refractivity contribution is 6.00. The molecular weight excluding hydrogens is 444 g/mol. The molecule has 0 spiro atoms. The number of hydrogen-bond donors (Lipinski definition) is 4. The van der Waals surface area contributed by atoms with Crippen molar-refractivity contribution in [2.24, 2.45) is 0 Å². The molecule has 0 aliphatic heterocycles. The summed E-state index contributed by atoms with van der Waals surface area (Å²) in [6.45, 7) is 4.02. The van der Waals surface area contributed by atoms with Crippen LogP contribution >= 0.6 is 0 Å². The second-order valence-electron chi connectivity index (χ2n) is 8.10. The third-order valence-corrected chi connectivity index (χ3v) is 5.26. The molecule has 3 amide bonds. The van der Waals surface area contributed by atoms with E-state index in [2.05, 4.69) is 21.3 Å². The molecule has 3 aromatic carbocycles. The number of amides is 3. The van der Waals surface area contributed by atoms with E-state index in [1.165, 1.54) is 7.11 Å². The minimum absolute atomic E-state index is 0.0939. The fraction of sp³-hybridized carbons (Fsp3) is 0.222. The second-order valence-corrected chi connectivity index (χ2v) is 8.10. The van der Waals surface area contributed by atoms with E-state index in [0.29, 0.717) is 29.2 Å². The molecule has 0 bridgehead atoms. The molecule has 182 valence electrons. The highest BCUT2D eigenvalue weighted by Crippen LogP contribution is 2.25. The number of hydrogen-bond acceptors (Lipinski definition) is 5. The van der Waals surface area contributed by atoms with Crippen molar-refractivity contribution in [3.05, 3.63) is 89.0 Å². The quantitative estimate of drug-likeness (QED) is 0.360. The zero-order valence-corrected chi connectivity index (χ0v) is 20.1. The van der Waals surface area contributed by atoms with Crippen molar-refractivity contribution in [1.82, 2.24) is 10.6 Å². The molecule has 0 fully saturated rings. The number of carbonyl (C=O) groups excluding carboxylic acids is 3. The van der Waals surface area contributed by atoms with Gasteiger partial charge in [0.1, 0.15) is 5.75 Å². The van der Waals surface area contributed by atoms with Crippen molar-refractivity contribution in [2.75, 3.05) is 30.8 Å². The van der Waals surface area contributed by atoms with Gasteiger partial charge in [-0.25, -0.2) is 0 Å². The smallest absolute Gasteiger partial charge is 0.253 e. The highest BCUT2D eigenvalue weighted by Gasteiger charge is 2.13. The fourth-order valence-corrected chi connectivity index (χ4v) is 3.35. The molecule has 0 saturated heterocycles. The first-order chi connectivity index (χ1) is 16.9. The van der Waals surface area contributed by atoms with Crippen LogP contribution < -0.4 is 26.0 Å². The maximum Gasteiger partial charge on any atom is 0.253 e. The summed E-state index contributed by atoms with van der Waals surface area (Å²) in [5.41, 5.74) is 4.61. The maximum atomic E-state index is 12.7. The third kappa shape index (κ3) is 7.60. The molecule has 4 N–H and O–H groups in total. The Kier molecular flexibility index (Phi) is 8.83. The molecule has 3 rings (SSSR count). The van der Waals surface area contributed by atoms with Gasteiger partial charge in [-0.1, -0.05) is 48.0 Å². The first kappa shape index (κ1) is 25.3. The summed E-state index contributed by atoms with van der Waals surface area (Å²) >= 11 is 0. The van der Waals surface area contributed by atoms with Gasteiger partial charge in [0.15, 0.2) is 0 Å². The summed E-state index contributed by atoms with van der Waals surface area (Å²) in [6.07, 6.45) is 0. The van der Waals surface area contributed by atoms with Crippen molar-refractivity contribution in [2.45, 2.75) is 20.4 Å². The van der Waals surface area contributed by atoms with Crippen LogP contribution in [0.15, 0.2) is 66.7 Å². The number of para-hydroxylation sites is 1. The molecule has 8 nitrogen and oxygen atoms in total. The van der Waals surface area contributed by atoms with E-state index in [0.717, 1.165) is 16.7 Å². The largest absolute Gasteiger partial charge is 0.495 e. The van der Waals surface area contributed by atoms with Crippen LogP contribution in [0.4, 0.5) is 11.4 Å². The minimum atomic E-state index is -0.383. The van der Waals surface area contributed by atoms with Crippen LogP contribution in [0.2, 0.25) is 0 Å². The molecule has 0 radical (unpaired) electrons. The monoisotopic (exact) mass is 474 g/mol. The van der Waals surface area contributed by atoms with Crippen molar-refractivity contribution < 1.29 is 19.1 Å². The Bertz CT molecular complexity index is 1190. The van der Waals surface area contributed by atoms with E-state index in [1.54, 1.807) is 36.4 Å². The van der Waals surface area contributed by atoms with E-state index in [9.17, 15) is 14.4 Å². The molecule has 8 heteroatoms. The number of benzene rings is 3. The van der Waals surface area contributed by atoms with E-state index >= 15 is 0 Å². The minimum Gasteiger partial charge on any atom is -0.495 e. The van der Waals surface area contributed by atoms with E-state index < -0.39 is 0 Å². The predicted molar refractivity (Wildman–Crippen MR) is 137 cm³/mol. The Hall–Kier alpha value is -4.33. The summed E-state index contributed by atoms with van der Waals surface area (Å²) in [6, 6.07) is 20.3. The molecule has 0 aromatic heterocycles. The SMILES string of the molecule is COc1ccc(C)cc1NC(=O)CNC(=O)CNc1ccccc1C(=O)NCc1ccc(C)cc1. The second kappa shape index (κ2) is 12.2. The molecule has 0 heterocycles. The maximum absolute atomic E-state index is 12.7. The molecule has 35 heavy (non-hydrogen) atoms. The van der Waals surface area contributed by atoms with E-state index in [-0.39, 0.29) is 30.8 Å². The van der Waals surface area contributed by atoms with Crippen LogP contribution in [0.25, 0.3) is 0 Å². The summed E-state index contributed by atoms with van der Waals surface area (Å²) in [4.78, 5) is 37.3. The number of anilines is 2. The summed E-state index contributed by atoms with van der Waals surface area (Å²) < 4.78 is 5.25. The summed E-state index contributed by atoms with van der Waals surface area (Å²) in [5, 5.41) is 11.2. The van der Waals surface area contributed by atoms with Gasteiger partial charge < -0.3 is 26.0 Å². The normalized spacial score (nSPS) is 10.3. The standard InChI is InChI=1S/C27H30N4O4/c1-18-8-11-20(12-9-18)15-30-27(34)21-6-4-5-7-22(21)28-16-25(32)29-17-26(33)31-23-14-19(2)10-13-24(23)35-3/h4-14,28H,15-17H2,1-3H3,(H,29,32)(H,30,34)(H,31,33). The Morgan fingerprint density at radius 1 is 0.771 bits per heavy atom. The van der Waals surface area contributed by atoms with Gasteiger partial charge >= 0.3 is 0 Å². The molecule has 0 saturated carbocycles. The van der Waals surface area contributed by atoms with Gasteiger partial charge in [-0.05, 0) is 49.2 Å². The molecule has 0 aliphatic rings. The first-order valence-electron chi connectivity index (χ1n) is 11.2. The van der Waals surface area contributed by atoms with Crippen LogP contribution in [0, 0.1) is 13.8 Å². The lowest BCUT2D eigenvalue weighted by Gasteiger charge is -2.13.